The largest absolute Gasteiger partial charge is 0.374 e. The molecule has 0 bridgehead atoms. The van der Waals surface area contributed by atoms with Gasteiger partial charge in [0.1, 0.15) is 30.2 Å². The third kappa shape index (κ3) is 10.0. The summed E-state index contributed by atoms with van der Waals surface area (Å²) in [5.41, 5.74) is 4.15. The predicted molar refractivity (Wildman–Crippen MR) is 174 cm³/mol. The van der Waals surface area contributed by atoms with Crippen molar-refractivity contribution in [3.05, 3.63) is 156 Å². The number of benzene rings is 4. The second-order valence-electron chi connectivity index (χ2n) is 11.2. The molecule has 234 valence electrons. The normalized spacial score (nSPS) is 21.3. The molecule has 5 atom stereocenters. The number of carbonyl (C=O) groups is 1. The molecular weight excluding hydrogens is 564 g/mol. The molecule has 6 nitrogen and oxygen atoms in total. The van der Waals surface area contributed by atoms with E-state index in [1.807, 2.05) is 121 Å². The van der Waals surface area contributed by atoms with E-state index >= 15 is 0 Å². The average molecular weight is 607 g/mol. The van der Waals surface area contributed by atoms with Gasteiger partial charge in [0.2, 0.25) is 0 Å². The fourth-order valence-electron chi connectivity index (χ4n) is 5.52. The first kappa shape index (κ1) is 32.5. The quantitative estimate of drug-likeness (QED) is 0.118. The Kier molecular flexibility index (Phi) is 12.7. The van der Waals surface area contributed by atoms with Crippen LogP contribution in [0.4, 0.5) is 0 Å². The number of rotatable bonds is 17. The summed E-state index contributed by atoms with van der Waals surface area (Å²) in [5, 5.41) is 0. The number of hydrogen-bond donors (Lipinski definition) is 0. The van der Waals surface area contributed by atoms with E-state index in [1.165, 1.54) is 0 Å². The maximum absolute atomic E-state index is 13.0. The Labute approximate surface area is 266 Å². The minimum Gasteiger partial charge on any atom is -0.374 e. The molecule has 0 aromatic heterocycles. The van der Waals surface area contributed by atoms with E-state index in [2.05, 4.69) is 6.58 Å². The molecule has 0 saturated carbocycles. The van der Waals surface area contributed by atoms with Crippen LogP contribution in [0.2, 0.25) is 0 Å². The lowest BCUT2D eigenvalue weighted by atomic mass is 9.91. The number of ketones is 1. The van der Waals surface area contributed by atoms with Gasteiger partial charge in [-0.1, -0.05) is 127 Å². The van der Waals surface area contributed by atoms with Gasteiger partial charge >= 0.3 is 0 Å². The van der Waals surface area contributed by atoms with Gasteiger partial charge in [-0.2, -0.15) is 0 Å². The van der Waals surface area contributed by atoms with Crippen molar-refractivity contribution in [1.29, 1.82) is 0 Å². The van der Waals surface area contributed by atoms with Gasteiger partial charge in [-0.05, 0) is 22.3 Å². The van der Waals surface area contributed by atoms with Gasteiger partial charge in [0.25, 0.3) is 0 Å². The number of allylic oxidation sites excluding steroid dienone is 1. The molecule has 5 rings (SSSR count). The number of ether oxygens (including phenoxy) is 5. The summed E-state index contributed by atoms with van der Waals surface area (Å²) in [6.07, 6.45) is -0.676. The first-order chi connectivity index (χ1) is 22.2. The summed E-state index contributed by atoms with van der Waals surface area (Å²) in [6.45, 7) is 5.50. The van der Waals surface area contributed by atoms with Crippen LogP contribution in [-0.2, 0) is 54.9 Å². The molecule has 0 N–H and O–H groups in total. The van der Waals surface area contributed by atoms with Gasteiger partial charge in [0.15, 0.2) is 0 Å². The third-order valence-electron chi connectivity index (χ3n) is 7.78. The summed E-state index contributed by atoms with van der Waals surface area (Å²) >= 11 is 0. The molecule has 6 heteroatoms. The lowest BCUT2D eigenvalue weighted by Crippen LogP contribution is -2.61. The second-order valence-corrected chi connectivity index (χ2v) is 11.2. The van der Waals surface area contributed by atoms with Crippen LogP contribution in [0.15, 0.2) is 134 Å². The molecule has 1 heterocycles. The van der Waals surface area contributed by atoms with E-state index in [0.717, 1.165) is 22.3 Å². The summed E-state index contributed by atoms with van der Waals surface area (Å²) in [6, 6.07) is 40.1. The maximum Gasteiger partial charge on any atom is 0.139 e. The first-order valence-corrected chi connectivity index (χ1v) is 15.6. The third-order valence-corrected chi connectivity index (χ3v) is 7.78. The van der Waals surface area contributed by atoms with E-state index in [9.17, 15) is 4.79 Å². The zero-order valence-electron chi connectivity index (χ0n) is 25.6. The Morgan fingerprint density at radius 1 is 0.578 bits per heavy atom. The SMILES string of the molecule is C=CCC(=O)C[C@H]1O[C@H](COCc2ccccc2)[C@H](OCc2ccccc2)[C@H](OCc2ccccc2)[C@H]1OCc1ccccc1. The van der Waals surface area contributed by atoms with Crippen molar-refractivity contribution in [2.24, 2.45) is 0 Å². The predicted octanol–water partition coefficient (Wildman–Crippen LogP) is 7.26. The highest BCUT2D eigenvalue weighted by Crippen LogP contribution is 2.32. The van der Waals surface area contributed by atoms with Gasteiger partial charge in [0.05, 0.1) is 39.1 Å². The molecule has 4 aromatic carbocycles. The lowest BCUT2D eigenvalue weighted by Gasteiger charge is -2.46. The molecule has 0 unspecified atom stereocenters. The zero-order valence-corrected chi connectivity index (χ0v) is 25.6. The van der Waals surface area contributed by atoms with Crippen molar-refractivity contribution in [2.45, 2.75) is 69.8 Å². The Hall–Kier alpha value is -3.91. The van der Waals surface area contributed by atoms with Crippen molar-refractivity contribution in [3.8, 4) is 0 Å². The van der Waals surface area contributed by atoms with E-state index in [1.54, 1.807) is 6.08 Å². The molecule has 1 aliphatic heterocycles. The number of Topliss-reactive ketones (excluding diaryl/α,β-unsaturated/α-hetero) is 1. The molecule has 0 radical (unpaired) electrons. The molecule has 0 aliphatic carbocycles. The van der Waals surface area contributed by atoms with E-state index in [0.29, 0.717) is 26.4 Å². The fraction of sp³-hybridized carbons (Fsp3) is 0.308. The van der Waals surface area contributed by atoms with Crippen molar-refractivity contribution >= 4 is 5.78 Å². The standard InChI is InChI=1S/C39H42O6/c1-2-15-34(40)24-35-37(42-26-31-18-9-4-10-19-31)39(44-28-33-22-13-6-14-23-33)38(43-27-32-20-11-5-12-21-32)36(45-35)29-41-25-30-16-7-3-8-17-30/h2-14,16-23,35-39H,1,15,24-29H2/t35-,36-,37+,38+,39-/m1/s1. The Morgan fingerprint density at radius 2 is 0.978 bits per heavy atom. The summed E-state index contributed by atoms with van der Waals surface area (Å²) in [4.78, 5) is 13.0. The minimum absolute atomic E-state index is 0.0257. The second kappa shape index (κ2) is 17.5. The van der Waals surface area contributed by atoms with Crippen molar-refractivity contribution in [3.63, 3.8) is 0 Å². The first-order valence-electron chi connectivity index (χ1n) is 15.6. The molecule has 1 saturated heterocycles. The molecule has 0 spiro atoms. The summed E-state index contributed by atoms with van der Waals surface area (Å²) in [7, 11) is 0. The Morgan fingerprint density at radius 3 is 1.42 bits per heavy atom. The fourth-order valence-corrected chi connectivity index (χ4v) is 5.52. The van der Waals surface area contributed by atoms with Crippen LogP contribution in [-0.4, -0.2) is 42.9 Å². The van der Waals surface area contributed by atoms with Gasteiger partial charge in [-0.3, -0.25) is 4.79 Å². The Bertz CT molecular complexity index is 1410. The molecule has 1 fully saturated rings. The van der Waals surface area contributed by atoms with Gasteiger partial charge in [0, 0.05) is 12.8 Å². The zero-order chi connectivity index (χ0) is 31.1. The van der Waals surface area contributed by atoms with Crippen molar-refractivity contribution in [1.82, 2.24) is 0 Å². The monoisotopic (exact) mass is 606 g/mol. The van der Waals surface area contributed by atoms with Crippen LogP contribution >= 0.6 is 0 Å². The van der Waals surface area contributed by atoms with Gasteiger partial charge < -0.3 is 23.7 Å². The summed E-state index contributed by atoms with van der Waals surface area (Å²) < 4.78 is 32.9. The van der Waals surface area contributed by atoms with E-state index in [4.69, 9.17) is 23.7 Å². The van der Waals surface area contributed by atoms with Crippen LogP contribution in [0.5, 0.6) is 0 Å². The summed E-state index contributed by atoms with van der Waals surface area (Å²) in [5.74, 6) is 0.0257. The van der Waals surface area contributed by atoms with Crippen LogP contribution in [0.1, 0.15) is 35.1 Å². The van der Waals surface area contributed by atoms with Gasteiger partial charge in [-0.25, -0.2) is 0 Å². The maximum atomic E-state index is 13.0. The van der Waals surface area contributed by atoms with E-state index < -0.39 is 30.5 Å². The molecule has 1 aliphatic rings. The highest BCUT2D eigenvalue weighted by Gasteiger charge is 2.48. The van der Waals surface area contributed by atoms with Crippen LogP contribution < -0.4 is 0 Å². The Balaban J connectivity index is 1.44. The molecule has 45 heavy (non-hydrogen) atoms. The highest BCUT2D eigenvalue weighted by atomic mass is 16.6. The molecule has 4 aromatic rings. The molecular formula is C39H42O6. The smallest absolute Gasteiger partial charge is 0.139 e. The van der Waals surface area contributed by atoms with E-state index in [-0.39, 0.29) is 25.2 Å². The lowest BCUT2D eigenvalue weighted by molar-refractivity contribution is -0.272. The van der Waals surface area contributed by atoms with Crippen LogP contribution in [0, 0.1) is 0 Å². The highest BCUT2D eigenvalue weighted by molar-refractivity contribution is 5.80. The van der Waals surface area contributed by atoms with Crippen molar-refractivity contribution < 1.29 is 28.5 Å². The van der Waals surface area contributed by atoms with Crippen LogP contribution in [0.3, 0.4) is 0 Å². The molecule has 0 amide bonds. The average Bonchev–Trinajstić information content (AvgIpc) is 3.08. The minimum atomic E-state index is -0.575. The number of carbonyl (C=O) groups excluding carboxylic acids is 1. The number of hydrogen-bond acceptors (Lipinski definition) is 6. The van der Waals surface area contributed by atoms with Crippen LogP contribution in [0.25, 0.3) is 0 Å². The van der Waals surface area contributed by atoms with Crippen molar-refractivity contribution in [2.75, 3.05) is 6.61 Å². The van der Waals surface area contributed by atoms with Gasteiger partial charge in [-0.15, -0.1) is 6.58 Å². The topological polar surface area (TPSA) is 63.2 Å².